The summed E-state index contributed by atoms with van der Waals surface area (Å²) >= 11 is 9.01. The van der Waals surface area contributed by atoms with Crippen molar-refractivity contribution in [1.29, 1.82) is 0 Å². The van der Waals surface area contributed by atoms with Gasteiger partial charge < -0.3 is 5.11 Å². The summed E-state index contributed by atoms with van der Waals surface area (Å²) in [6.07, 6.45) is 2.08. The normalized spacial score (nSPS) is 22.1. The lowest BCUT2D eigenvalue weighted by Crippen LogP contribution is -2.42. The Morgan fingerprint density at radius 2 is 2.28 bits per heavy atom. The molecule has 1 aromatic rings. The number of aromatic nitrogens is 1. The Bertz CT molecular complexity index is 552. The summed E-state index contributed by atoms with van der Waals surface area (Å²) in [5.41, 5.74) is 0. The van der Waals surface area contributed by atoms with Gasteiger partial charge in [-0.3, -0.25) is 0 Å². The summed E-state index contributed by atoms with van der Waals surface area (Å²) < 4.78 is 26.5. The molecule has 1 aliphatic heterocycles. The molecule has 2 rings (SSSR count). The molecule has 1 fully saturated rings. The van der Waals surface area contributed by atoms with Gasteiger partial charge in [0.2, 0.25) is 10.0 Å². The predicted molar refractivity (Wildman–Crippen MR) is 70.9 cm³/mol. The molecule has 1 aromatic heterocycles. The first-order valence-electron chi connectivity index (χ1n) is 5.40. The van der Waals surface area contributed by atoms with E-state index >= 15 is 0 Å². The van der Waals surface area contributed by atoms with Crippen LogP contribution in [0, 0.1) is 0 Å². The van der Waals surface area contributed by atoms with Crippen LogP contribution in [0.2, 0.25) is 5.15 Å². The summed E-state index contributed by atoms with van der Waals surface area (Å²) in [5, 5.41) is 9.49. The van der Waals surface area contributed by atoms with Crippen LogP contribution in [0.5, 0.6) is 0 Å². The smallest absolute Gasteiger partial charge is 0.246 e. The number of hydrogen-bond donors (Lipinski definition) is 1. The number of rotatable bonds is 2. The van der Waals surface area contributed by atoms with Gasteiger partial charge in [-0.2, -0.15) is 4.31 Å². The molecule has 1 aliphatic rings. The molecule has 1 saturated heterocycles. The average molecular weight is 356 g/mol. The van der Waals surface area contributed by atoms with E-state index in [2.05, 4.69) is 20.9 Å². The maximum Gasteiger partial charge on any atom is 0.246 e. The largest absolute Gasteiger partial charge is 0.392 e. The van der Waals surface area contributed by atoms with Crippen LogP contribution < -0.4 is 0 Å². The fourth-order valence-electron chi connectivity index (χ4n) is 1.86. The van der Waals surface area contributed by atoms with Crippen molar-refractivity contribution in [3.63, 3.8) is 0 Å². The maximum atomic E-state index is 12.4. The summed E-state index contributed by atoms with van der Waals surface area (Å²) in [6.45, 7) is 0.493. The zero-order chi connectivity index (χ0) is 13.3. The molecule has 0 amide bonds. The van der Waals surface area contributed by atoms with Crippen LogP contribution in [0.3, 0.4) is 0 Å². The Morgan fingerprint density at radius 1 is 1.56 bits per heavy atom. The van der Waals surface area contributed by atoms with E-state index in [-0.39, 0.29) is 16.6 Å². The van der Waals surface area contributed by atoms with Gasteiger partial charge in [0.25, 0.3) is 0 Å². The fourth-order valence-corrected chi connectivity index (χ4v) is 4.30. The summed E-state index contributed by atoms with van der Waals surface area (Å²) in [6, 6.07) is 1.42. The lowest BCUT2D eigenvalue weighted by molar-refractivity contribution is 0.108. The molecule has 0 radical (unpaired) electrons. The molecule has 0 spiro atoms. The van der Waals surface area contributed by atoms with E-state index in [0.29, 0.717) is 23.9 Å². The van der Waals surface area contributed by atoms with Gasteiger partial charge in [0.15, 0.2) is 0 Å². The molecule has 0 bridgehead atoms. The molecule has 0 saturated carbocycles. The molecule has 100 valence electrons. The van der Waals surface area contributed by atoms with Crippen molar-refractivity contribution >= 4 is 37.6 Å². The van der Waals surface area contributed by atoms with Crippen LogP contribution in [-0.4, -0.2) is 42.0 Å². The minimum absolute atomic E-state index is 0.0346. The van der Waals surface area contributed by atoms with Gasteiger partial charge >= 0.3 is 0 Å². The first-order valence-corrected chi connectivity index (χ1v) is 8.01. The third-order valence-corrected chi connectivity index (χ3v) is 5.48. The first kappa shape index (κ1) is 14.2. The minimum Gasteiger partial charge on any atom is -0.392 e. The molecular formula is C10H12BrClN2O3S. The second-order valence-electron chi connectivity index (χ2n) is 4.10. The van der Waals surface area contributed by atoms with Gasteiger partial charge in [-0.15, -0.1) is 0 Å². The van der Waals surface area contributed by atoms with Crippen LogP contribution in [0.1, 0.15) is 12.8 Å². The second-order valence-corrected chi connectivity index (χ2v) is 7.28. The third-order valence-electron chi connectivity index (χ3n) is 2.75. The SMILES string of the molecule is O=S(=O)(c1cc(Br)cnc1Cl)N1CCC[C@H](O)C1. The van der Waals surface area contributed by atoms with Gasteiger partial charge in [-0.1, -0.05) is 11.6 Å². The van der Waals surface area contributed by atoms with Crippen LogP contribution >= 0.6 is 27.5 Å². The standard InChI is InChI=1S/C10H12BrClN2O3S/c11-7-4-9(10(12)13-5-7)18(16,17)14-3-1-2-8(15)6-14/h4-5,8,15H,1-3,6H2/t8-/m0/s1. The van der Waals surface area contributed by atoms with Crippen LogP contribution in [0.15, 0.2) is 21.6 Å². The van der Waals surface area contributed by atoms with Crippen LogP contribution in [-0.2, 0) is 10.0 Å². The molecule has 0 unspecified atom stereocenters. The minimum atomic E-state index is -3.70. The predicted octanol–water partition coefficient (Wildman–Crippen LogP) is 1.64. The van der Waals surface area contributed by atoms with E-state index in [0.717, 1.165) is 0 Å². The van der Waals surface area contributed by atoms with E-state index in [1.54, 1.807) is 0 Å². The lowest BCUT2D eigenvalue weighted by atomic mass is 10.1. The third kappa shape index (κ3) is 2.85. The lowest BCUT2D eigenvalue weighted by Gasteiger charge is -2.29. The van der Waals surface area contributed by atoms with Crippen molar-refractivity contribution in [1.82, 2.24) is 9.29 Å². The van der Waals surface area contributed by atoms with E-state index in [9.17, 15) is 13.5 Å². The van der Waals surface area contributed by atoms with Crippen molar-refractivity contribution in [2.45, 2.75) is 23.8 Å². The fraction of sp³-hybridized carbons (Fsp3) is 0.500. The molecule has 1 N–H and O–H groups in total. The Kier molecular flexibility index (Phi) is 4.28. The number of piperidine rings is 1. The van der Waals surface area contributed by atoms with Gasteiger partial charge in [0, 0.05) is 23.8 Å². The maximum absolute atomic E-state index is 12.4. The van der Waals surface area contributed by atoms with Crippen LogP contribution in [0.25, 0.3) is 0 Å². The van der Waals surface area contributed by atoms with E-state index in [1.165, 1.54) is 16.6 Å². The summed E-state index contributed by atoms with van der Waals surface area (Å²) in [4.78, 5) is 3.77. The molecule has 1 atom stereocenters. The van der Waals surface area contributed by atoms with Gasteiger partial charge in [-0.25, -0.2) is 13.4 Å². The Balaban J connectivity index is 2.38. The van der Waals surface area contributed by atoms with Crippen molar-refractivity contribution in [2.75, 3.05) is 13.1 Å². The monoisotopic (exact) mass is 354 g/mol. The number of β-amino-alcohol motifs (C(OH)–C–C–N with tert-alkyl or cyclic N) is 1. The molecule has 8 heteroatoms. The quantitative estimate of drug-likeness (QED) is 0.819. The highest BCUT2D eigenvalue weighted by atomic mass is 79.9. The molecule has 0 aliphatic carbocycles. The van der Waals surface area contributed by atoms with Crippen molar-refractivity contribution in [3.8, 4) is 0 Å². The number of aliphatic hydroxyl groups excluding tert-OH is 1. The number of halogens is 2. The number of nitrogens with zero attached hydrogens (tertiary/aromatic N) is 2. The number of hydrogen-bond acceptors (Lipinski definition) is 4. The summed E-state index contributed by atoms with van der Waals surface area (Å²) in [7, 11) is -3.70. The zero-order valence-electron chi connectivity index (χ0n) is 9.38. The van der Waals surface area contributed by atoms with E-state index in [4.69, 9.17) is 11.6 Å². The molecule has 2 heterocycles. The van der Waals surface area contributed by atoms with Gasteiger partial charge in [-0.05, 0) is 34.8 Å². The second kappa shape index (κ2) is 5.42. The van der Waals surface area contributed by atoms with E-state index in [1.807, 2.05) is 0 Å². The summed E-state index contributed by atoms with van der Waals surface area (Å²) in [5.74, 6) is 0. The average Bonchev–Trinajstić information content (AvgIpc) is 2.32. The Labute approximate surface area is 119 Å². The Morgan fingerprint density at radius 3 is 2.94 bits per heavy atom. The number of aliphatic hydroxyl groups is 1. The highest BCUT2D eigenvalue weighted by Gasteiger charge is 2.31. The molecule has 18 heavy (non-hydrogen) atoms. The highest BCUT2D eigenvalue weighted by molar-refractivity contribution is 9.10. The number of pyridine rings is 1. The Hall–Kier alpha value is -0.210. The van der Waals surface area contributed by atoms with E-state index < -0.39 is 16.1 Å². The van der Waals surface area contributed by atoms with Crippen molar-refractivity contribution in [2.24, 2.45) is 0 Å². The van der Waals surface area contributed by atoms with Crippen molar-refractivity contribution in [3.05, 3.63) is 21.9 Å². The highest BCUT2D eigenvalue weighted by Crippen LogP contribution is 2.27. The topological polar surface area (TPSA) is 70.5 Å². The van der Waals surface area contributed by atoms with Crippen LogP contribution in [0.4, 0.5) is 0 Å². The van der Waals surface area contributed by atoms with Gasteiger partial charge in [0.05, 0.1) is 6.10 Å². The first-order chi connectivity index (χ1) is 8.41. The number of sulfonamides is 1. The molecule has 0 aromatic carbocycles. The molecular weight excluding hydrogens is 344 g/mol. The van der Waals surface area contributed by atoms with Gasteiger partial charge in [0.1, 0.15) is 10.0 Å². The zero-order valence-corrected chi connectivity index (χ0v) is 12.5. The van der Waals surface area contributed by atoms with Crippen molar-refractivity contribution < 1.29 is 13.5 Å². The molecule has 5 nitrogen and oxygen atoms in total.